The predicted octanol–water partition coefficient (Wildman–Crippen LogP) is 3.45. The number of pyridine rings is 1. The van der Waals surface area contributed by atoms with E-state index < -0.39 is 13.1 Å². The second-order valence-corrected chi connectivity index (χ2v) is 10.4. The number of halogens is 1. The second-order valence-electron chi connectivity index (χ2n) is 7.62. The van der Waals surface area contributed by atoms with Crippen molar-refractivity contribution in [2.24, 2.45) is 0 Å². The average Bonchev–Trinajstić information content (AvgIpc) is 3.21. The van der Waals surface area contributed by atoms with Crippen molar-refractivity contribution in [2.45, 2.75) is 6.54 Å². The van der Waals surface area contributed by atoms with Gasteiger partial charge in [0.05, 0.1) is 23.6 Å². The van der Waals surface area contributed by atoms with Gasteiger partial charge in [0.2, 0.25) is 5.65 Å². The molecule has 33 heavy (non-hydrogen) atoms. The van der Waals surface area contributed by atoms with Gasteiger partial charge in [-0.1, -0.05) is 17.3 Å². The zero-order valence-electron chi connectivity index (χ0n) is 17.9. The molecule has 1 unspecified atom stereocenters. The smallest absolute Gasteiger partial charge is 0.221 e. The summed E-state index contributed by atoms with van der Waals surface area (Å²) in [6.45, 7) is 1.94. The minimum Gasteiger partial charge on any atom is -0.339 e. The van der Waals surface area contributed by atoms with Crippen LogP contribution in [-0.2, 0) is 11.1 Å². The lowest BCUT2D eigenvalue weighted by Gasteiger charge is -2.14. The van der Waals surface area contributed by atoms with Crippen molar-refractivity contribution in [3.8, 4) is 0 Å². The number of aromatic nitrogens is 6. The Hall–Kier alpha value is -3.75. The van der Waals surface area contributed by atoms with E-state index in [2.05, 4.69) is 35.7 Å². The number of benzene rings is 2. The first kappa shape index (κ1) is 21.1. The number of anilines is 2. The molecule has 1 atom stereocenters. The van der Waals surface area contributed by atoms with Crippen LogP contribution < -0.4 is 15.7 Å². The van der Waals surface area contributed by atoms with Crippen LogP contribution in [0.1, 0.15) is 5.56 Å². The molecule has 2 N–H and O–H groups in total. The van der Waals surface area contributed by atoms with Crippen LogP contribution in [-0.4, -0.2) is 43.7 Å². The normalized spacial score (nSPS) is 13.3. The Morgan fingerprint density at radius 3 is 2.82 bits per heavy atom. The van der Waals surface area contributed by atoms with Crippen molar-refractivity contribution in [1.82, 2.24) is 35.0 Å². The molecule has 5 aromatic rings. The lowest BCUT2D eigenvalue weighted by molar-refractivity contribution is 0.576. The molecule has 3 heterocycles. The number of nitrogens with zero attached hydrogens (tertiary/aromatic N) is 6. The Morgan fingerprint density at radius 2 is 2.00 bits per heavy atom. The van der Waals surface area contributed by atoms with Crippen LogP contribution >= 0.6 is 7.29 Å². The fourth-order valence-electron chi connectivity index (χ4n) is 3.52. The summed E-state index contributed by atoms with van der Waals surface area (Å²) >= 11 is 0. The Morgan fingerprint density at radius 1 is 1.12 bits per heavy atom. The van der Waals surface area contributed by atoms with Crippen molar-refractivity contribution in [1.29, 1.82) is 0 Å². The van der Waals surface area contributed by atoms with Gasteiger partial charge in [0.25, 0.3) is 0 Å². The number of nitrogens with one attached hydrogen (secondary N) is 2. The minimum atomic E-state index is -2.95. The van der Waals surface area contributed by atoms with E-state index in [1.54, 1.807) is 24.0 Å². The summed E-state index contributed by atoms with van der Waals surface area (Å²) in [7, 11) is -1.41. The Kier molecular flexibility index (Phi) is 5.32. The maximum absolute atomic E-state index is 14.5. The van der Waals surface area contributed by atoms with E-state index in [1.165, 1.54) is 25.0 Å². The molecule has 5 rings (SSSR count). The third-order valence-electron chi connectivity index (χ3n) is 5.33. The van der Waals surface area contributed by atoms with Crippen molar-refractivity contribution in [3.63, 3.8) is 0 Å². The highest BCUT2D eigenvalue weighted by Crippen LogP contribution is 2.35. The van der Waals surface area contributed by atoms with Gasteiger partial charge in [-0.25, -0.2) is 19.0 Å². The van der Waals surface area contributed by atoms with Crippen molar-refractivity contribution in [3.05, 3.63) is 72.3 Å². The van der Waals surface area contributed by atoms with Crippen LogP contribution in [0.15, 0.2) is 60.9 Å². The molecule has 0 aliphatic rings. The first-order valence-corrected chi connectivity index (χ1v) is 12.3. The van der Waals surface area contributed by atoms with Crippen LogP contribution in [0.2, 0.25) is 0 Å². The third kappa shape index (κ3) is 4.18. The molecule has 0 amide bonds. The molecule has 11 heteroatoms. The average molecular weight is 462 g/mol. The maximum atomic E-state index is 14.5. The minimum absolute atomic E-state index is 0.143. The van der Waals surface area contributed by atoms with Crippen molar-refractivity contribution < 1.29 is 8.96 Å². The molecule has 0 spiro atoms. The highest BCUT2D eigenvalue weighted by molar-refractivity contribution is 7.68. The fraction of sp³-hybridized carbons (Fsp3) is 0.136. The van der Waals surface area contributed by atoms with Gasteiger partial charge in [-0.15, -0.1) is 5.10 Å². The van der Waals surface area contributed by atoms with Gasteiger partial charge in [0.15, 0.2) is 18.8 Å². The number of hydrogen-bond donors (Lipinski definition) is 2. The molecule has 0 saturated carbocycles. The molecule has 3 aromatic heterocycles. The topological polar surface area (TPSA) is 111 Å². The van der Waals surface area contributed by atoms with Crippen LogP contribution in [0.4, 0.5) is 15.9 Å². The van der Waals surface area contributed by atoms with E-state index in [0.717, 1.165) is 16.5 Å². The maximum Gasteiger partial charge on any atom is 0.221 e. The Balaban J connectivity index is 1.42. The van der Waals surface area contributed by atoms with Gasteiger partial charge < -0.3 is 9.88 Å². The molecule has 0 aliphatic carbocycles. The molecule has 0 saturated heterocycles. The van der Waals surface area contributed by atoms with Crippen LogP contribution in [0.5, 0.6) is 0 Å². The second kappa shape index (κ2) is 8.31. The molecule has 2 aromatic carbocycles. The molecule has 0 aliphatic heterocycles. The SMILES string of the molecule is CNP(C)(=O)c1ccc(Nc2cnc3nnn(Cc4ccc5ncccc5c4)c3n2)cc1F. The monoisotopic (exact) mass is 462 g/mol. The summed E-state index contributed by atoms with van der Waals surface area (Å²) in [5.74, 6) is -0.152. The third-order valence-corrected chi connectivity index (χ3v) is 7.47. The molecular weight excluding hydrogens is 442 g/mol. The molecule has 9 nitrogen and oxygen atoms in total. The van der Waals surface area contributed by atoms with Gasteiger partial charge >= 0.3 is 0 Å². The Bertz CT molecular complexity index is 1540. The zero-order valence-corrected chi connectivity index (χ0v) is 18.8. The largest absolute Gasteiger partial charge is 0.339 e. The highest BCUT2D eigenvalue weighted by atomic mass is 31.2. The molecule has 166 valence electrons. The molecular formula is C22H20FN8OP. The lowest BCUT2D eigenvalue weighted by atomic mass is 10.1. The summed E-state index contributed by atoms with van der Waals surface area (Å²) in [6.07, 6.45) is 3.27. The van der Waals surface area contributed by atoms with Crippen molar-refractivity contribution in [2.75, 3.05) is 19.0 Å². The summed E-state index contributed by atoms with van der Waals surface area (Å²) in [5, 5.41) is 15.2. The first-order valence-electron chi connectivity index (χ1n) is 10.2. The number of rotatable bonds is 6. The van der Waals surface area contributed by atoms with Gasteiger partial charge in [0, 0.05) is 23.9 Å². The number of fused-ring (bicyclic) bond motifs is 2. The Labute approximate surface area is 188 Å². The number of hydrogen-bond acceptors (Lipinski definition) is 7. The quantitative estimate of drug-likeness (QED) is 0.369. The summed E-state index contributed by atoms with van der Waals surface area (Å²) in [6, 6.07) is 14.3. The van der Waals surface area contributed by atoms with Crippen LogP contribution in [0, 0.1) is 5.82 Å². The first-order chi connectivity index (χ1) is 15.9. The van der Waals surface area contributed by atoms with E-state index in [9.17, 15) is 8.96 Å². The van der Waals surface area contributed by atoms with Crippen LogP contribution in [0.25, 0.3) is 22.2 Å². The van der Waals surface area contributed by atoms with E-state index in [1.807, 2.05) is 30.3 Å². The van der Waals surface area contributed by atoms with Crippen molar-refractivity contribution >= 4 is 46.3 Å². The predicted molar refractivity (Wildman–Crippen MR) is 126 cm³/mol. The zero-order chi connectivity index (χ0) is 23.0. The lowest BCUT2D eigenvalue weighted by Crippen LogP contribution is -2.18. The highest BCUT2D eigenvalue weighted by Gasteiger charge is 2.20. The summed E-state index contributed by atoms with van der Waals surface area (Å²) in [4.78, 5) is 13.2. The van der Waals surface area contributed by atoms with Crippen LogP contribution in [0.3, 0.4) is 0 Å². The molecule has 0 bridgehead atoms. The molecule has 0 fully saturated rings. The fourth-order valence-corrected chi connectivity index (χ4v) is 4.59. The van der Waals surface area contributed by atoms with Gasteiger partial charge in [-0.3, -0.25) is 10.1 Å². The van der Waals surface area contributed by atoms with Gasteiger partial charge in [-0.2, -0.15) is 0 Å². The van der Waals surface area contributed by atoms with E-state index in [0.29, 0.717) is 29.3 Å². The molecule has 0 radical (unpaired) electrons. The standard InChI is InChI=1S/C22H20FN8OP/c1-24-33(2,32)19-8-6-16(11-17(19)23)27-20-12-26-21-22(28-20)31(30-29-21)13-14-5-7-18-15(10-14)4-3-9-25-18/h3-12H,13H2,1-2H3,(H,24,32)(H,27,28). The van der Waals surface area contributed by atoms with E-state index in [4.69, 9.17) is 0 Å². The van der Waals surface area contributed by atoms with E-state index >= 15 is 0 Å². The van der Waals surface area contributed by atoms with Gasteiger partial charge in [0.1, 0.15) is 5.82 Å². The summed E-state index contributed by atoms with van der Waals surface area (Å²) < 4.78 is 28.6. The van der Waals surface area contributed by atoms with Gasteiger partial charge in [-0.05, 0) is 49.0 Å². The summed E-state index contributed by atoms with van der Waals surface area (Å²) in [5.41, 5.74) is 3.31. The van der Waals surface area contributed by atoms with E-state index in [-0.39, 0.29) is 5.30 Å².